The van der Waals surface area contributed by atoms with Crippen LogP contribution in [-0.2, 0) is 14.3 Å². The number of nitrogens with one attached hydrogen (secondary N) is 1. The number of benzene rings is 1. The molecule has 7 heteroatoms. The number of esters is 1. The monoisotopic (exact) mass is 310 g/mol. The molecule has 0 aliphatic carbocycles. The van der Waals surface area contributed by atoms with E-state index < -0.39 is 35.6 Å². The van der Waals surface area contributed by atoms with Crippen molar-refractivity contribution in [1.82, 2.24) is 5.32 Å². The second-order valence-corrected chi connectivity index (χ2v) is 4.83. The smallest absolute Gasteiger partial charge is 0.308 e. The fourth-order valence-corrected chi connectivity index (χ4v) is 1.85. The predicted molar refractivity (Wildman–Crippen MR) is 77.3 cm³/mol. The van der Waals surface area contributed by atoms with E-state index in [4.69, 9.17) is 10.5 Å². The molecule has 3 N–H and O–H groups in total. The van der Waals surface area contributed by atoms with Gasteiger partial charge >= 0.3 is 5.97 Å². The maximum atomic E-state index is 13.1. The minimum Gasteiger partial charge on any atom is -0.466 e. The maximum absolute atomic E-state index is 13.1. The van der Waals surface area contributed by atoms with Gasteiger partial charge in [-0.2, -0.15) is 0 Å². The lowest BCUT2D eigenvalue weighted by Gasteiger charge is -2.18. The minimum atomic E-state index is -1.05. The van der Waals surface area contributed by atoms with E-state index in [2.05, 4.69) is 5.32 Å². The second kappa shape index (κ2) is 8.11. The standard InChI is InChI=1S/C15H19FN2O4/c1-3-22-15(21)9(2)7-12(13(17)19)18-14(20)10-5-4-6-11(16)8-10/h4-6,8-9,12H,3,7H2,1-2H3,(H2,17,19)(H,18,20)/t9-,12+/m1/s1. The zero-order chi connectivity index (χ0) is 16.7. The van der Waals surface area contributed by atoms with Crippen molar-refractivity contribution in [3.63, 3.8) is 0 Å². The number of hydrogen-bond acceptors (Lipinski definition) is 4. The number of halogens is 1. The summed E-state index contributed by atoms with van der Waals surface area (Å²) in [5.41, 5.74) is 5.30. The zero-order valence-electron chi connectivity index (χ0n) is 12.5. The summed E-state index contributed by atoms with van der Waals surface area (Å²) in [7, 11) is 0. The average Bonchev–Trinajstić information content (AvgIpc) is 2.46. The van der Waals surface area contributed by atoms with E-state index in [-0.39, 0.29) is 18.6 Å². The van der Waals surface area contributed by atoms with Gasteiger partial charge in [-0.3, -0.25) is 14.4 Å². The van der Waals surface area contributed by atoms with E-state index >= 15 is 0 Å². The van der Waals surface area contributed by atoms with Crippen LogP contribution in [0.3, 0.4) is 0 Å². The molecule has 0 saturated carbocycles. The number of nitrogens with two attached hydrogens (primary N) is 1. The normalized spacial score (nSPS) is 13.0. The molecule has 0 saturated heterocycles. The summed E-state index contributed by atoms with van der Waals surface area (Å²) in [5, 5.41) is 2.40. The summed E-state index contributed by atoms with van der Waals surface area (Å²) in [6.07, 6.45) is 0.00915. The summed E-state index contributed by atoms with van der Waals surface area (Å²) < 4.78 is 17.9. The number of carbonyl (C=O) groups excluding carboxylic acids is 3. The Kier molecular flexibility index (Phi) is 6.49. The van der Waals surface area contributed by atoms with Crippen LogP contribution < -0.4 is 11.1 Å². The van der Waals surface area contributed by atoms with Crippen LogP contribution in [0.2, 0.25) is 0 Å². The van der Waals surface area contributed by atoms with Gasteiger partial charge in [-0.1, -0.05) is 13.0 Å². The lowest BCUT2D eigenvalue weighted by Crippen LogP contribution is -2.46. The first-order valence-electron chi connectivity index (χ1n) is 6.87. The van der Waals surface area contributed by atoms with Gasteiger partial charge in [-0.25, -0.2) is 4.39 Å². The zero-order valence-corrected chi connectivity index (χ0v) is 12.5. The van der Waals surface area contributed by atoms with Crippen LogP contribution in [0, 0.1) is 11.7 Å². The van der Waals surface area contributed by atoms with Gasteiger partial charge in [0.15, 0.2) is 0 Å². The van der Waals surface area contributed by atoms with Crippen molar-refractivity contribution in [3.05, 3.63) is 35.6 Å². The molecule has 0 radical (unpaired) electrons. The average molecular weight is 310 g/mol. The molecule has 0 unspecified atom stereocenters. The molecule has 0 bridgehead atoms. The fourth-order valence-electron chi connectivity index (χ4n) is 1.85. The number of ether oxygens (including phenoxy) is 1. The van der Waals surface area contributed by atoms with E-state index in [1.54, 1.807) is 13.8 Å². The van der Waals surface area contributed by atoms with Gasteiger partial charge in [-0.05, 0) is 31.5 Å². The molecule has 1 rings (SSSR count). The highest BCUT2D eigenvalue weighted by Crippen LogP contribution is 2.10. The van der Waals surface area contributed by atoms with Crippen molar-refractivity contribution in [2.75, 3.05) is 6.61 Å². The largest absolute Gasteiger partial charge is 0.466 e. The highest BCUT2D eigenvalue weighted by molar-refractivity contribution is 5.97. The van der Waals surface area contributed by atoms with E-state index in [0.29, 0.717) is 0 Å². The van der Waals surface area contributed by atoms with Crippen molar-refractivity contribution in [3.8, 4) is 0 Å². The van der Waals surface area contributed by atoms with E-state index in [9.17, 15) is 18.8 Å². The van der Waals surface area contributed by atoms with Gasteiger partial charge in [0.2, 0.25) is 5.91 Å². The third-order valence-electron chi connectivity index (χ3n) is 3.01. The fraction of sp³-hybridized carbons (Fsp3) is 0.400. The molecule has 2 atom stereocenters. The predicted octanol–water partition coefficient (Wildman–Crippen LogP) is 0.999. The summed E-state index contributed by atoms with van der Waals surface area (Å²) in [5.74, 6) is -3.07. The molecule has 2 amide bonds. The van der Waals surface area contributed by atoms with Crippen LogP contribution in [0.25, 0.3) is 0 Å². The molecule has 0 heterocycles. The Morgan fingerprint density at radius 1 is 1.36 bits per heavy atom. The highest BCUT2D eigenvalue weighted by Gasteiger charge is 2.25. The molecule has 1 aromatic carbocycles. The summed E-state index contributed by atoms with van der Waals surface area (Å²) in [6, 6.07) is 3.98. The Balaban J connectivity index is 2.74. The number of rotatable bonds is 7. The minimum absolute atomic E-state index is 0.00915. The van der Waals surface area contributed by atoms with Gasteiger partial charge < -0.3 is 15.8 Å². The molecule has 22 heavy (non-hydrogen) atoms. The number of hydrogen-bond donors (Lipinski definition) is 2. The summed E-state index contributed by atoms with van der Waals surface area (Å²) >= 11 is 0. The van der Waals surface area contributed by atoms with Crippen molar-refractivity contribution >= 4 is 17.8 Å². The van der Waals surface area contributed by atoms with Gasteiger partial charge in [-0.15, -0.1) is 0 Å². The van der Waals surface area contributed by atoms with Crippen molar-refractivity contribution in [2.45, 2.75) is 26.3 Å². The first-order valence-corrected chi connectivity index (χ1v) is 6.87. The third kappa shape index (κ3) is 5.16. The molecule has 6 nitrogen and oxygen atoms in total. The Morgan fingerprint density at radius 2 is 2.05 bits per heavy atom. The lowest BCUT2D eigenvalue weighted by molar-refractivity contribution is -0.147. The lowest BCUT2D eigenvalue weighted by atomic mass is 10.0. The SMILES string of the molecule is CCOC(=O)[C@H](C)C[C@H](NC(=O)c1cccc(F)c1)C(N)=O. The number of carbonyl (C=O) groups is 3. The van der Waals surface area contributed by atoms with Gasteiger partial charge in [0.25, 0.3) is 5.91 Å². The first kappa shape index (κ1) is 17.6. The van der Waals surface area contributed by atoms with Crippen LogP contribution in [0.4, 0.5) is 4.39 Å². The second-order valence-electron chi connectivity index (χ2n) is 4.83. The third-order valence-corrected chi connectivity index (χ3v) is 3.01. The first-order chi connectivity index (χ1) is 10.3. The number of primary amides is 1. The van der Waals surface area contributed by atoms with Crippen molar-refractivity contribution in [2.24, 2.45) is 11.7 Å². The van der Waals surface area contributed by atoms with Crippen molar-refractivity contribution in [1.29, 1.82) is 0 Å². The summed E-state index contributed by atoms with van der Waals surface area (Å²) in [4.78, 5) is 35.0. The molecule has 1 aromatic rings. The van der Waals surface area contributed by atoms with Gasteiger partial charge in [0.1, 0.15) is 11.9 Å². The molecule has 0 aliphatic heterocycles. The van der Waals surface area contributed by atoms with E-state index in [1.807, 2.05) is 0 Å². The molecule has 0 aliphatic rings. The molecule has 0 aromatic heterocycles. The Hall–Kier alpha value is -2.44. The molecular weight excluding hydrogens is 291 g/mol. The molecular formula is C15H19FN2O4. The Bertz CT molecular complexity index is 562. The van der Waals surface area contributed by atoms with Crippen LogP contribution >= 0.6 is 0 Å². The van der Waals surface area contributed by atoms with Crippen LogP contribution in [-0.4, -0.2) is 30.4 Å². The number of amides is 2. The Labute approximate surface area is 127 Å². The Morgan fingerprint density at radius 3 is 2.59 bits per heavy atom. The summed E-state index contributed by atoms with van der Waals surface area (Å²) in [6.45, 7) is 3.46. The van der Waals surface area contributed by atoms with E-state index in [0.717, 1.165) is 6.07 Å². The van der Waals surface area contributed by atoms with Gasteiger partial charge in [0, 0.05) is 5.56 Å². The molecule has 0 spiro atoms. The van der Waals surface area contributed by atoms with E-state index in [1.165, 1.54) is 18.2 Å². The molecule has 0 fully saturated rings. The maximum Gasteiger partial charge on any atom is 0.308 e. The van der Waals surface area contributed by atoms with Gasteiger partial charge in [0.05, 0.1) is 12.5 Å². The molecule has 120 valence electrons. The van der Waals surface area contributed by atoms with Crippen LogP contribution in [0.1, 0.15) is 30.6 Å². The quantitative estimate of drug-likeness (QED) is 0.734. The van der Waals surface area contributed by atoms with Crippen LogP contribution in [0.5, 0.6) is 0 Å². The van der Waals surface area contributed by atoms with Crippen molar-refractivity contribution < 1.29 is 23.5 Å². The highest BCUT2D eigenvalue weighted by atomic mass is 19.1. The van der Waals surface area contributed by atoms with Crippen LogP contribution in [0.15, 0.2) is 24.3 Å². The topological polar surface area (TPSA) is 98.5 Å².